The summed E-state index contributed by atoms with van der Waals surface area (Å²) in [7, 11) is -3.32. The molecule has 2 N–H and O–H groups in total. The molecule has 0 radical (unpaired) electrons. The average molecular weight is 360 g/mol. The Balaban J connectivity index is 1.60. The number of anilines is 2. The van der Waals surface area contributed by atoms with Crippen molar-refractivity contribution in [2.45, 2.75) is 25.9 Å². The van der Waals surface area contributed by atoms with Crippen molar-refractivity contribution in [2.24, 2.45) is 0 Å². The number of carbonyl (C=O) groups is 1. The number of hydrogen-bond acceptors (Lipinski definition) is 4. The molecule has 0 saturated heterocycles. The highest BCUT2D eigenvalue weighted by Crippen LogP contribution is 2.28. The predicted octanol–water partition coefficient (Wildman–Crippen LogP) is 2.78. The van der Waals surface area contributed by atoms with Crippen LogP contribution in [0.25, 0.3) is 0 Å². The van der Waals surface area contributed by atoms with Gasteiger partial charge in [-0.25, -0.2) is 8.42 Å². The lowest BCUT2D eigenvalue weighted by Crippen LogP contribution is -2.31. The van der Waals surface area contributed by atoms with Gasteiger partial charge in [0.2, 0.25) is 10.0 Å². The molecule has 7 heteroatoms. The van der Waals surface area contributed by atoms with Crippen molar-refractivity contribution in [2.75, 3.05) is 15.8 Å². The van der Waals surface area contributed by atoms with Gasteiger partial charge < -0.3 is 10.1 Å². The largest absolute Gasteiger partial charge is 0.480 e. The molecule has 1 aliphatic heterocycles. The van der Waals surface area contributed by atoms with Gasteiger partial charge in [-0.2, -0.15) is 0 Å². The summed E-state index contributed by atoms with van der Waals surface area (Å²) >= 11 is 0. The highest BCUT2D eigenvalue weighted by molar-refractivity contribution is 7.92. The Labute approximate surface area is 147 Å². The summed E-state index contributed by atoms with van der Waals surface area (Å²) in [6.07, 6.45) is 0.532. The van der Waals surface area contributed by atoms with E-state index in [2.05, 4.69) is 10.0 Å². The zero-order valence-corrected chi connectivity index (χ0v) is 14.7. The van der Waals surface area contributed by atoms with Crippen molar-refractivity contribution >= 4 is 27.3 Å². The Morgan fingerprint density at radius 1 is 1.12 bits per heavy atom. The van der Waals surface area contributed by atoms with E-state index < -0.39 is 16.1 Å². The van der Waals surface area contributed by atoms with Gasteiger partial charge in [0.1, 0.15) is 5.75 Å². The number of carbonyl (C=O) groups excluding carboxylic acids is 1. The molecule has 132 valence electrons. The normalized spacial score (nSPS) is 16.0. The lowest BCUT2D eigenvalue weighted by molar-refractivity contribution is -0.122. The average Bonchev–Trinajstić information content (AvgIpc) is 3.00. The van der Waals surface area contributed by atoms with Crippen LogP contribution in [-0.2, 0) is 21.2 Å². The van der Waals surface area contributed by atoms with Crippen molar-refractivity contribution < 1.29 is 17.9 Å². The van der Waals surface area contributed by atoms with Crippen LogP contribution >= 0.6 is 0 Å². The number of amides is 1. The van der Waals surface area contributed by atoms with E-state index in [0.29, 0.717) is 24.2 Å². The van der Waals surface area contributed by atoms with Gasteiger partial charge in [0.05, 0.1) is 5.75 Å². The predicted molar refractivity (Wildman–Crippen MR) is 97.3 cm³/mol. The van der Waals surface area contributed by atoms with Gasteiger partial charge in [-0.1, -0.05) is 25.1 Å². The third kappa shape index (κ3) is 4.30. The molecule has 6 nitrogen and oxygen atoms in total. The summed E-state index contributed by atoms with van der Waals surface area (Å²) in [6.45, 7) is 1.81. The number of nitrogens with one attached hydrogen (secondary N) is 2. The maximum absolute atomic E-state index is 12.3. The Morgan fingerprint density at radius 2 is 1.80 bits per heavy atom. The van der Waals surface area contributed by atoms with Crippen LogP contribution < -0.4 is 14.8 Å². The molecule has 0 spiro atoms. The van der Waals surface area contributed by atoms with Gasteiger partial charge in [0, 0.05) is 17.8 Å². The fourth-order valence-corrected chi connectivity index (χ4v) is 3.81. The summed E-state index contributed by atoms with van der Waals surface area (Å²) in [6, 6.07) is 14.1. The van der Waals surface area contributed by atoms with Gasteiger partial charge in [-0.3, -0.25) is 9.52 Å². The molecule has 0 aliphatic carbocycles. The van der Waals surface area contributed by atoms with Crippen LogP contribution in [0.4, 0.5) is 11.4 Å². The second kappa shape index (κ2) is 7.14. The molecule has 0 fully saturated rings. The molecule has 0 bridgehead atoms. The van der Waals surface area contributed by atoms with Gasteiger partial charge in [-0.05, 0) is 42.3 Å². The molecular formula is C18H20N2O4S. The fourth-order valence-electron chi connectivity index (χ4n) is 2.67. The number of ether oxygens (including phenoxy) is 1. The summed E-state index contributed by atoms with van der Waals surface area (Å²) in [4.78, 5) is 12.3. The molecule has 3 rings (SSSR count). The van der Waals surface area contributed by atoms with Crippen molar-refractivity contribution in [1.82, 2.24) is 0 Å². The lowest BCUT2D eigenvalue weighted by Gasteiger charge is -2.12. The van der Waals surface area contributed by atoms with Crippen molar-refractivity contribution in [1.29, 1.82) is 0 Å². The number of benzene rings is 2. The number of fused-ring (bicyclic) bond motifs is 1. The monoisotopic (exact) mass is 360 g/mol. The third-order valence-electron chi connectivity index (χ3n) is 3.84. The van der Waals surface area contributed by atoms with E-state index in [0.717, 1.165) is 11.3 Å². The summed E-state index contributed by atoms with van der Waals surface area (Å²) < 4.78 is 31.6. The molecule has 1 unspecified atom stereocenters. The summed E-state index contributed by atoms with van der Waals surface area (Å²) in [5, 5.41) is 2.79. The highest BCUT2D eigenvalue weighted by atomic mass is 32.2. The zero-order chi connectivity index (χ0) is 17.9. The van der Waals surface area contributed by atoms with E-state index in [-0.39, 0.29) is 11.7 Å². The number of sulfonamides is 1. The van der Waals surface area contributed by atoms with E-state index in [4.69, 9.17) is 4.74 Å². The van der Waals surface area contributed by atoms with Crippen LogP contribution in [0.3, 0.4) is 0 Å². The topological polar surface area (TPSA) is 84.5 Å². The highest BCUT2D eigenvalue weighted by Gasteiger charge is 2.28. The molecule has 0 saturated carbocycles. The number of rotatable bonds is 6. The minimum atomic E-state index is -3.32. The van der Waals surface area contributed by atoms with Crippen LogP contribution in [0, 0.1) is 0 Å². The SMILES string of the molecule is CCCS(=O)(=O)Nc1ccc(NC(=O)C2Cc3ccccc3O2)cc1. The molecule has 2 aromatic carbocycles. The number of hydrogen-bond donors (Lipinski definition) is 2. The van der Waals surface area contributed by atoms with Crippen molar-refractivity contribution in [3.63, 3.8) is 0 Å². The first-order chi connectivity index (χ1) is 12.0. The zero-order valence-electron chi connectivity index (χ0n) is 13.9. The Morgan fingerprint density at radius 3 is 2.48 bits per heavy atom. The van der Waals surface area contributed by atoms with Crippen molar-refractivity contribution in [3.05, 3.63) is 54.1 Å². The van der Waals surface area contributed by atoms with E-state index in [1.807, 2.05) is 24.3 Å². The minimum absolute atomic E-state index is 0.0745. The first-order valence-electron chi connectivity index (χ1n) is 8.13. The van der Waals surface area contributed by atoms with Crippen LogP contribution in [0.15, 0.2) is 48.5 Å². The molecule has 1 aliphatic rings. The smallest absolute Gasteiger partial charge is 0.265 e. The molecule has 0 aromatic heterocycles. The molecule has 1 atom stereocenters. The van der Waals surface area contributed by atoms with E-state index in [9.17, 15) is 13.2 Å². The van der Waals surface area contributed by atoms with Gasteiger partial charge in [0.15, 0.2) is 6.10 Å². The second-order valence-electron chi connectivity index (χ2n) is 5.91. The van der Waals surface area contributed by atoms with Gasteiger partial charge in [0.25, 0.3) is 5.91 Å². The first-order valence-corrected chi connectivity index (χ1v) is 9.78. The first kappa shape index (κ1) is 17.3. The van der Waals surface area contributed by atoms with Crippen LogP contribution in [0.5, 0.6) is 5.75 Å². The Hall–Kier alpha value is -2.54. The maximum atomic E-state index is 12.3. The Bertz CT molecular complexity index is 838. The van der Waals surface area contributed by atoms with E-state index in [1.54, 1.807) is 31.2 Å². The second-order valence-corrected chi connectivity index (χ2v) is 7.75. The van der Waals surface area contributed by atoms with Crippen LogP contribution in [0.2, 0.25) is 0 Å². The van der Waals surface area contributed by atoms with Crippen LogP contribution in [0.1, 0.15) is 18.9 Å². The molecular weight excluding hydrogens is 340 g/mol. The summed E-state index contributed by atoms with van der Waals surface area (Å²) in [5.41, 5.74) is 2.07. The van der Waals surface area contributed by atoms with Gasteiger partial charge in [-0.15, -0.1) is 0 Å². The Kier molecular flexibility index (Phi) is 4.94. The lowest BCUT2D eigenvalue weighted by atomic mass is 10.1. The standard InChI is InChI=1S/C18H20N2O4S/c1-2-11-25(22,23)20-15-9-7-14(8-10-15)19-18(21)17-12-13-5-3-4-6-16(13)24-17/h3-10,17,20H,2,11-12H2,1H3,(H,19,21). The number of para-hydroxylation sites is 1. The van der Waals surface area contributed by atoms with Gasteiger partial charge >= 0.3 is 0 Å². The van der Waals surface area contributed by atoms with Crippen LogP contribution in [-0.4, -0.2) is 26.2 Å². The molecule has 1 amide bonds. The minimum Gasteiger partial charge on any atom is -0.480 e. The molecule has 1 heterocycles. The van der Waals surface area contributed by atoms with E-state index >= 15 is 0 Å². The molecule has 25 heavy (non-hydrogen) atoms. The quantitative estimate of drug-likeness (QED) is 0.830. The maximum Gasteiger partial charge on any atom is 0.265 e. The third-order valence-corrected chi connectivity index (χ3v) is 5.33. The summed E-state index contributed by atoms with van der Waals surface area (Å²) in [5.74, 6) is 0.587. The fraction of sp³-hybridized carbons (Fsp3) is 0.278. The van der Waals surface area contributed by atoms with E-state index in [1.165, 1.54) is 0 Å². The van der Waals surface area contributed by atoms with Crippen molar-refractivity contribution in [3.8, 4) is 5.75 Å². The molecule has 2 aromatic rings.